The largest absolute Gasteiger partial charge is 0.478 e. The van der Waals surface area contributed by atoms with Crippen LogP contribution in [0.15, 0.2) is 66.0 Å². The molecule has 2 fully saturated rings. The number of aromatic carboxylic acids is 1. The van der Waals surface area contributed by atoms with Crippen molar-refractivity contribution in [3.05, 3.63) is 94.2 Å². The van der Waals surface area contributed by atoms with Gasteiger partial charge in [-0.3, -0.25) is 5.21 Å². The second kappa shape index (κ2) is 11.3. The first-order chi connectivity index (χ1) is 19.2. The van der Waals surface area contributed by atoms with Crippen molar-refractivity contribution >= 4 is 11.7 Å². The molecular formula is C31H31F4N2O3+. The van der Waals surface area contributed by atoms with Crippen LogP contribution in [-0.4, -0.2) is 22.5 Å². The minimum Gasteiger partial charge on any atom is -0.478 e. The van der Waals surface area contributed by atoms with Crippen molar-refractivity contribution < 1.29 is 37.4 Å². The van der Waals surface area contributed by atoms with Gasteiger partial charge in [-0.05, 0) is 85.9 Å². The Bertz CT molecular complexity index is 1440. The average molecular weight is 556 g/mol. The molecule has 1 atom stereocenters. The van der Waals surface area contributed by atoms with Crippen molar-refractivity contribution in [3.63, 3.8) is 0 Å². The number of rotatable bonds is 10. The van der Waals surface area contributed by atoms with Crippen LogP contribution in [0.4, 0.5) is 23.2 Å². The monoisotopic (exact) mass is 555 g/mol. The normalized spacial score (nSPS) is 18.8. The molecule has 0 bridgehead atoms. The van der Waals surface area contributed by atoms with Gasteiger partial charge in [-0.1, -0.05) is 19.1 Å². The number of alkyl halides is 3. The second-order valence-corrected chi connectivity index (χ2v) is 10.6. The topological polar surface area (TPSA) is 73.4 Å². The molecule has 2 aliphatic carbocycles. The number of benzene rings is 2. The molecular weight excluding hydrogens is 524 g/mol. The standard InChI is InChI=1S/C31H30F4N2O3/c1-2-18-7-11-24(30(34)35)27(28(18)33)21-8-12-26(37(40)16-21)25(15-17-13-22(32)14-17)29(19-3-4-19)36-23-9-5-20(6-10-23)31(38)39/h5-12,16-17,22,25,30,36H,2-4,13-15H2,1H3,(H-,38,39,40)/p+1. The molecule has 1 aromatic heterocycles. The van der Waals surface area contributed by atoms with Gasteiger partial charge >= 0.3 is 5.97 Å². The molecule has 3 N–H and O–H groups in total. The molecule has 1 heterocycles. The van der Waals surface area contributed by atoms with Crippen molar-refractivity contribution in [3.8, 4) is 11.1 Å². The van der Waals surface area contributed by atoms with Crippen LogP contribution >= 0.6 is 0 Å². The number of aryl methyl sites for hydroxylation is 1. The maximum atomic E-state index is 15.3. The average Bonchev–Trinajstić information content (AvgIpc) is 3.75. The number of hydrogen-bond acceptors (Lipinski definition) is 3. The molecule has 5 nitrogen and oxygen atoms in total. The first-order valence-corrected chi connectivity index (χ1v) is 13.5. The van der Waals surface area contributed by atoms with Gasteiger partial charge in [0.25, 0.3) is 6.43 Å². The molecule has 0 radical (unpaired) electrons. The summed E-state index contributed by atoms with van der Waals surface area (Å²) in [4.78, 5) is 11.3. The highest BCUT2D eigenvalue weighted by molar-refractivity contribution is 5.88. The minimum absolute atomic E-state index is 0.0920. The number of halogens is 4. The first-order valence-electron chi connectivity index (χ1n) is 13.5. The zero-order valence-electron chi connectivity index (χ0n) is 22.0. The lowest BCUT2D eigenvalue weighted by Crippen LogP contribution is -2.39. The van der Waals surface area contributed by atoms with E-state index in [1.165, 1.54) is 36.5 Å². The number of hydrogen-bond donors (Lipinski definition) is 3. The Labute approximate surface area is 229 Å². The Kier molecular flexibility index (Phi) is 7.83. The summed E-state index contributed by atoms with van der Waals surface area (Å²) >= 11 is 0. The van der Waals surface area contributed by atoms with Gasteiger partial charge in [0.15, 0.2) is 0 Å². The van der Waals surface area contributed by atoms with E-state index < -0.39 is 29.9 Å². The first kappa shape index (κ1) is 27.7. The summed E-state index contributed by atoms with van der Waals surface area (Å²) in [6.45, 7) is 1.74. The predicted octanol–water partition coefficient (Wildman–Crippen LogP) is 7.60. The van der Waals surface area contributed by atoms with Gasteiger partial charge in [0.1, 0.15) is 12.0 Å². The number of anilines is 1. The van der Waals surface area contributed by atoms with E-state index in [1.807, 2.05) is 0 Å². The van der Waals surface area contributed by atoms with E-state index in [-0.39, 0.29) is 28.5 Å². The quantitative estimate of drug-likeness (QED) is 0.137. The number of carboxylic acid groups (broad SMARTS) is 1. The van der Waals surface area contributed by atoms with E-state index in [0.29, 0.717) is 42.6 Å². The highest BCUT2D eigenvalue weighted by atomic mass is 19.3. The number of aromatic nitrogens is 1. The third kappa shape index (κ3) is 5.69. The Morgan fingerprint density at radius 2 is 1.77 bits per heavy atom. The lowest BCUT2D eigenvalue weighted by molar-refractivity contribution is -0.909. The number of allylic oxidation sites excluding steroid dienone is 2. The zero-order valence-corrected chi connectivity index (χ0v) is 22.0. The molecule has 2 aromatic carbocycles. The summed E-state index contributed by atoms with van der Waals surface area (Å²) in [6.07, 6.45) is 0.898. The summed E-state index contributed by atoms with van der Waals surface area (Å²) in [5, 5.41) is 23.8. The fourth-order valence-corrected chi connectivity index (χ4v) is 5.48. The van der Waals surface area contributed by atoms with Crippen molar-refractivity contribution in [2.24, 2.45) is 5.92 Å². The molecule has 2 aliphatic rings. The summed E-state index contributed by atoms with van der Waals surface area (Å²) in [7, 11) is 0. The van der Waals surface area contributed by atoms with Gasteiger partial charge in [0.2, 0.25) is 11.9 Å². The third-order valence-electron chi connectivity index (χ3n) is 7.86. The Balaban J connectivity index is 1.53. The van der Waals surface area contributed by atoms with Crippen LogP contribution in [0.25, 0.3) is 11.1 Å². The third-order valence-corrected chi connectivity index (χ3v) is 7.86. The number of nitrogens with zero attached hydrogens (tertiary/aromatic N) is 1. The molecule has 40 heavy (non-hydrogen) atoms. The van der Waals surface area contributed by atoms with Crippen LogP contribution in [0.2, 0.25) is 0 Å². The van der Waals surface area contributed by atoms with Gasteiger partial charge < -0.3 is 10.4 Å². The van der Waals surface area contributed by atoms with E-state index in [1.54, 1.807) is 25.1 Å². The Hall–Kier alpha value is -3.88. The molecule has 3 aromatic rings. The Morgan fingerprint density at radius 1 is 1.07 bits per heavy atom. The molecule has 1 unspecified atom stereocenters. The van der Waals surface area contributed by atoms with Gasteiger partial charge in [-0.15, -0.1) is 0 Å². The molecule has 0 aliphatic heterocycles. The molecule has 0 spiro atoms. The van der Waals surface area contributed by atoms with Crippen molar-refractivity contribution in [1.82, 2.24) is 0 Å². The van der Waals surface area contributed by atoms with E-state index in [9.17, 15) is 28.3 Å². The Morgan fingerprint density at radius 3 is 2.33 bits per heavy atom. The van der Waals surface area contributed by atoms with Crippen LogP contribution in [0.1, 0.15) is 78.6 Å². The predicted molar refractivity (Wildman–Crippen MR) is 142 cm³/mol. The minimum atomic E-state index is -2.90. The molecule has 9 heteroatoms. The molecule has 0 amide bonds. The lowest BCUT2D eigenvalue weighted by Gasteiger charge is -2.32. The number of pyridine rings is 1. The van der Waals surface area contributed by atoms with Gasteiger partial charge in [0.05, 0.1) is 17.0 Å². The molecule has 0 saturated heterocycles. The van der Waals surface area contributed by atoms with Crippen LogP contribution in [0.3, 0.4) is 0 Å². The fourth-order valence-electron chi connectivity index (χ4n) is 5.48. The molecule has 210 valence electrons. The summed E-state index contributed by atoms with van der Waals surface area (Å²) in [6, 6.07) is 12.0. The smallest absolute Gasteiger partial charge is 0.335 e. The van der Waals surface area contributed by atoms with E-state index >= 15 is 4.39 Å². The summed E-state index contributed by atoms with van der Waals surface area (Å²) in [5.41, 5.74) is 2.99. The fraction of sp³-hybridized carbons (Fsp3) is 0.355. The van der Waals surface area contributed by atoms with Crippen LogP contribution in [0.5, 0.6) is 0 Å². The van der Waals surface area contributed by atoms with Gasteiger partial charge in [0, 0.05) is 33.3 Å². The maximum absolute atomic E-state index is 15.3. The molecule has 5 rings (SSSR count). The maximum Gasteiger partial charge on any atom is 0.335 e. The number of carbonyl (C=O) groups is 1. The SMILES string of the molecule is CCc1ccc(C(F)F)c(-c2ccc(C(CC3CC(F)C3)C(Nc3ccc(C(=O)O)cc3)=C3CC3)[n+](O)c2)c1F. The van der Waals surface area contributed by atoms with Crippen molar-refractivity contribution in [1.29, 1.82) is 0 Å². The van der Waals surface area contributed by atoms with Gasteiger partial charge in [-0.2, -0.15) is 0 Å². The van der Waals surface area contributed by atoms with Crippen molar-refractivity contribution in [2.45, 2.75) is 64.0 Å². The molecule has 2 saturated carbocycles. The zero-order chi connectivity index (χ0) is 28.6. The van der Waals surface area contributed by atoms with E-state index in [0.717, 1.165) is 28.8 Å². The van der Waals surface area contributed by atoms with Gasteiger partial charge in [-0.25, -0.2) is 22.4 Å². The lowest BCUT2D eigenvalue weighted by atomic mass is 9.75. The number of carboxylic acids is 1. The van der Waals surface area contributed by atoms with E-state index in [2.05, 4.69) is 5.32 Å². The highest BCUT2D eigenvalue weighted by Gasteiger charge is 2.38. The summed E-state index contributed by atoms with van der Waals surface area (Å²) in [5.74, 6) is -2.06. The van der Waals surface area contributed by atoms with Crippen LogP contribution in [0, 0.1) is 11.7 Å². The second-order valence-electron chi connectivity index (χ2n) is 10.6. The van der Waals surface area contributed by atoms with Crippen molar-refractivity contribution in [2.75, 3.05) is 5.32 Å². The summed E-state index contributed by atoms with van der Waals surface area (Å²) < 4.78 is 57.5. The van der Waals surface area contributed by atoms with Crippen LogP contribution < -0.4 is 10.0 Å². The van der Waals surface area contributed by atoms with Crippen LogP contribution in [-0.2, 0) is 6.42 Å². The number of nitrogens with one attached hydrogen (secondary N) is 1. The highest BCUT2D eigenvalue weighted by Crippen LogP contribution is 2.45. The van der Waals surface area contributed by atoms with E-state index in [4.69, 9.17) is 0 Å².